The molecule has 2 aromatic rings. The molecule has 106 valence electrons. The van der Waals surface area contributed by atoms with Crippen molar-refractivity contribution in [3.63, 3.8) is 0 Å². The molecule has 0 radical (unpaired) electrons. The van der Waals surface area contributed by atoms with Crippen LogP contribution < -0.4 is 9.47 Å². The van der Waals surface area contributed by atoms with E-state index in [4.69, 9.17) is 21.1 Å². The fraction of sp³-hybridized carbons (Fsp3) is 0.250. The van der Waals surface area contributed by atoms with E-state index in [1.54, 1.807) is 18.2 Å². The first kappa shape index (κ1) is 14.7. The van der Waals surface area contributed by atoms with Gasteiger partial charge >= 0.3 is 0 Å². The van der Waals surface area contributed by atoms with Crippen LogP contribution in [0, 0.1) is 0 Å². The Labute approximate surface area is 123 Å². The maximum absolute atomic E-state index is 9.23. The molecule has 20 heavy (non-hydrogen) atoms. The van der Waals surface area contributed by atoms with E-state index in [2.05, 4.69) is 0 Å². The van der Waals surface area contributed by atoms with E-state index in [-0.39, 0.29) is 6.61 Å². The van der Waals surface area contributed by atoms with Gasteiger partial charge in [0.2, 0.25) is 0 Å². The summed E-state index contributed by atoms with van der Waals surface area (Å²) < 4.78 is 11.2. The zero-order valence-corrected chi connectivity index (χ0v) is 11.8. The van der Waals surface area contributed by atoms with Crippen LogP contribution >= 0.6 is 11.6 Å². The molecular weight excluding hydrogens is 276 g/mol. The lowest BCUT2D eigenvalue weighted by atomic mass is 10.2. The van der Waals surface area contributed by atoms with Crippen LogP contribution in [0.1, 0.15) is 12.0 Å². The zero-order chi connectivity index (χ0) is 14.2. The van der Waals surface area contributed by atoms with E-state index < -0.39 is 0 Å². The van der Waals surface area contributed by atoms with Gasteiger partial charge in [0.1, 0.15) is 11.5 Å². The van der Waals surface area contributed by atoms with Crippen molar-refractivity contribution in [1.29, 1.82) is 0 Å². The van der Waals surface area contributed by atoms with E-state index >= 15 is 0 Å². The number of aliphatic hydroxyl groups excluding tert-OH is 1. The normalized spacial score (nSPS) is 10.3. The summed E-state index contributed by atoms with van der Waals surface area (Å²) in [7, 11) is 0. The summed E-state index contributed by atoms with van der Waals surface area (Å²) in [5, 5.41) is 9.82. The maximum atomic E-state index is 9.23. The van der Waals surface area contributed by atoms with Crippen LogP contribution in [-0.2, 0) is 6.61 Å². The number of hydrogen-bond donors (Lipinski definition) is 1. The van der Waals surface area contributed by atoms with E-state index in [0.29, 0.717) is 29.5 Å². The SMILES string of the molecule is OCc1cc(Cl)ccc1OCCCOc1ccccc1. The Kier molecular flexibility index (Phi) is 5.71. The molecule has 2 rings (SSSR count). The van der Waals surface area contributed by atoms with E-state index in [1.807, 2.05) is 30.3 Å². The molecule has 0 heterocycles. The summed E-state index contributed by atoms with van der Waals surface area (Å²) in [6, 6.07) is 14.9. The summed E-state index contributed by atoms with van der Waals surface area (Å²) in [6.45, 7) is 1.03. The first-order valence-corrected chi connectivity index (χ1v) is 6.87. The highest BCUT2D eigenvalue weighted by Crippen LogP contribution is 2.23. The highest BCUT2D eigenvalue weighted by molar-refractivity contribution is 6.30. The topological polar surface area (TPSA) is 38.7 Å². The Balaban J connectivity index is 1.73. The van der Waals surface area contributed by atoms with E-state index in [0.717, 1.165) is 12.2 Å². The molecule has 0 aliphatic carbocycles. The van der Waals surface area contributed by atoms with Crippen molar-refractivity contribution in [1.82, 2.24) is 0 Å². The molecule has 0 unspecified atom stereocenters. The Morgan fingerprint density at radius 2 is 1.70 bits per heavy atom. The summed E-state index contributed by atoms with van der Waals surface area (Å²) in [6.07, 6.45) is 0.766. The molecule has 0 aliphatic rings. The number of benzene rings is 2. The average Bonchev–Trinajstić information content (AvgIpc) is 2.49. The van der Waals surface area contributed by atoms with Gasteiger partial charge in [-0.1, -0.05) is 29.8 Å². The lowest BCUT2D eigenvalue weighted by Gasteiger charge is -2.11. The average molecular weight is 293 g/mol. The predicted octanol–water partition coefficient (Wildman–Crippen LogP) is 3.68. The monoisotopic (exact) mass is 292 g/mol. The Morgan fingerprint density at radius 3 is 2.45 bits per heavy atom. The molecule has 0 amide bonds. The van der Waals surface area contributed by atoms with Gasteiger partial charge in [-0.15, -0.1) is 0 Å². The highest BCUT2D eigenvalue weighted by Gasteiger charge is 2.03. The minimum Gasteiger partial charge on any atom is -0.493 e. The number of halogens is 1. The van der Waals surface area contributed by atoms with Gasteiger partial charge in [0.15, 0.2) is 0 Å². The number of ether oxygens (including phenoxy) is 2. The first-order chi connectivity index (χ1) is 9.79. The molecule has 0 saturated carbocycles. The van der Waals surface area contributed by atoms with Crippen molar-refractivity contribution >= 4 is 11.6 Å². The zero-order valence-electron chi connectivity index (χ0n) is 11.1. The molecule has 3 nitrogen and oxygen atoms in total. The summed E-state index contributed by atoms with van der Waals surface area (Å²) in [5.74, 6) is 1.52. The molecule has 0 aliphatic heterocycles. The maximum Gasteiger partial charge on any atom is 0.124 e. The van der Waals surface area contributed by atoms with Gasteiger partial charge in [-0.05, 0) is 30.3 Å². The third kappa shape index (κ3) is 4.44. The van der Waals surface area contributed by atoms with Crippen LogP contribution in [0.5, 0.6) is 11.5 Å². The second-order valence-electron chi connectivity index (χ2n) is 4.27. The van der Waals surface area contributed by atoms with E-state index in [1.165, 1.54) is 0 Å². The molecular formula is C16H17ClO3. The van der Waals surface area contributed by atoms with Crippen molar-refractivity contribution in [3.05, 3.63) is 59.1 Å². The molecule has 0 atom stereocenters. The smallest absolute Gasteiger partial charge is 0.124 e. The second-order valence-corrected chi connectivity index (χ2v) is 4.71. The van der Waals surface area contributed by atoms with Crippen molar-refractivity contribution < 1.29 is 14.6 Å². The molecule has 0 saturated heterocycles. The lowest BCUT2D eigenvalue weighted by molar-refractivity contribution is 0.236. The first-order valence-electron chi connectivity index (χ1n) is 6.49. The quantitative estimate of drug-likeness (QED) is 0.791. The van der Waals surface area contributed by atoms with Gasteiger partial charge in [0.25, 0.3) is 0 Å². The second kappa shape index (κ2) is 7.78. The molecule has 0 bridgehead atoms. The third-order valence-corrected chi connectivity index (χ3v) is 2.99. The summed E-state index contributed by atoms with van der Waals surface area (Å²) >= 11 is 5.86. The van der Waals surface area contributed by atoms with Gasteiger partial charge in [0, 0.05) is 17.0 Å². The summed E-state index contributed by atoms with van der Waals surface area (Å²) in [5.41, 5.74) is 0.696. The summed E-state index contributed by atoms with van der Waals surface area (Å²) in [4.78, 5) is 0. The minimum absolute atomic E-state index is 0.0869. The van der Waals surface area contributed by atoms with Crippen LogP contribution in [0.25, 0.3) is 0 Å². The molecule has 1 N–H and O–H groups in total. The van der Waals surface area contributed by atoms with Gasteiger partial charge in [-0.25, -0.2) is 0 Å². The predicted molar refractivity (Wildman–Crippen MR) is 79.4 cm³/mol. The van der Waals surface area contributed by atoms with Gasteiger partial charge in [0.05, 0.1) is 19.8 Å². The van der Waals surface area contributed by atoms with Crippen LogP contribution in [0.2, 0.25) is 5.02 Å². The third-order valence-electron chi connectivity index (χ3n) is 2.75. The van der Waals surface area contributed by atoms with Crippen molar-refractivity contribution in [2.45, 2.75) is 13.0 Å². The fourth-order valence-corrected chi connectivity index (χ4v) is 1.95. The highest BCUT2D eigenvalue weighted by atomic mass is 35.5. The lowest BCUT2D eigenvalue weighted by Crippen LogP contribution is -2.06. The number of para-hydroxylation sites is 1. The molecule has 0 fully saturated rings. The van der Waals surface area contributed by atoms with Crippen molar-refractivity contribution in [2.75, 3.05) is 13.2 Å². The Bertz CT molecular complexity index is 529. The molecule has 4 heteroatoms. The largest absolute Gasteiger partial charge is 0.493 e. The van der Waals surface area contributed by atoms with Crippen LogP contribution in [-0.4, -0.2) is 18.3 Å². The van der Waals surface area contributed by atoms with Gasteiger partial charge in [-0.2, -0.15) is 0 Å². The fourth-order valence-electron chi connectivity index (χ4n) is 1.76. The standard InChI is InChI=1S/C16H17ClO3/c17-14-7-8-16(13(11-14)12-18)20-10-4-9-19-15-5-2-1-3-6-15/h1-3,5-8,11,18H,4,9-10,12H2. The van der Waals surface area contributed by atoms with Crippen LogP contribution in [0.4, 0.5) is 0 Å². The van der Waals surface area contributed by atoms with Gasteiger partial charge in [-0.3, -0.25) is 0 Å². The molecule has 0 aromatic heterocycles. The molecule has 0 spiro atoms. The van der Waals surface area contributed by atoms with E-state index in [9.17, 15) is 5.11 Å². The van der Waals surface area contributed by atoms with Crippen LogP contribution in [0.3, 0.4) is 0 Å². The van der Waals surface area contributed by atoms with Crippen molar-refractivity contribution in [3.8, 4) is 11.5 Å². The minimum atomic E-state index is -0.0869. The van der Waals surface area contributed by atoms with Gasteiger partial charge < -0.3 is 14.6 Å². The van der Waals surface area contributed by atoms with Crippen LogP contribution in [0.15, 0.2) is 48.5 Å². The number of rotatable bonds is 7. The Morgan fingerprint density at radius 1 is 0.950 bits per heavy atom. The number of hydrogen-bond acceptors (Lipinski definition) is 3. The Hall–Kier alpha value is -1.71. The number of aliphatic hydroxyl groups is 1. The molecule has 2 aromatic carbocycles. The van der Waals surface area contributed by atoms with Crippen molar-refractivity contribution in [2.24, 2.45) is 0 Å².